The van der Waals surface area contributed by atoms with Gasteiger partial charge in [0, 0.05) is 6.20 Å². The van der Waals surface area contributed by atoms with Gasteiger partial charge in [0.2, 0.25) is 5.91 Å². The lowest BCUT2D eigenvalue weighted by atomic mass is 10.4. The van der Waals surface area contributed by atoms with Crippen LogP contribution in [-0.2, 0) is 14.3 Å². The summed E-state index contributed by atoms with van der Waals surface area (Å²) in [4.78, 5) is 26.1. The van der Waals surface area contributed by atoms with Crippen LogP contribution in [0.2, 0.25) is 0 Å². The first-order chi connectivity index (χ1) is 7.72. The first-order valence-electron chi connectivity index (χ1n) is 4.84. The lowest BCUT2D eigenvalue weighted by Crippen LogP contribution is -2.31. The van der Waals surface area contributed by atoms with E-state index in [9.17, 15) is 9.59 Å². The van der Waals surface area contributed by atoms with Crippen molar-refractivity contribution in [1.29, 1.82) is 0 Å². The highest BCUT2D eigenvalue weighted by Crippen LogP contribution is 1.97. The lowest BCUT2D eigenvalue weighted by Gasteiger charge is -2.06. The largest absolute Gasteiger partial charge is 0.466 e. The number of nitrogens with zero attached hydrogens (tertiary/aromatic N) is 1. The molecule has 16 heavy (non-hydrogen) atoms. The van der Waals surface area contributed by atoms with Crippen LogP contribution >= 0.6 is 0 Å². The Hall–Kier alpha value is -2.11. The van der Waals surface area contributed by atoms with Gasteiger partial charge in [0.1, 0.15) is 12.2 Å². The number of carbonyl (C=O) groups excluding carboxylic acids is 2. The van der Waals surface area contributed by atoms with E-state index >= 15 is 0 Å². The molecule has 6 heteroatoms. The molecule has 2 N–H and O–H groups in total. The van der Waals surface area contributed by atoms with E-state index in [-0.39, 0.29) is 13.0 Å². The Morgan fingerprint density at radius 2 is 2.25 bits per heavy atom. The molecule has 0 aromatic carbocycles. The maximum absolute atomic E-state index is 11.2. The Labute approximate surface area is 93.0 Å². The molecule has 0 spiro atoms. The second kappa shape index (κ2) is 6.39. The summed E-state index contributed by atoms with van der Waals surface area (Å²) in [5, 5.41) is 0. The maximum atomic E-state index is 11.2. The number of nitrogens with one attached hydrogen (secondary N) is 2. The van der Waals surface area contributed by atoms with Gasteiger partial charge in [-0.15, -0.1) is 0 Å². The Kier molecular flexibility index (Phi) is 4.78. The van der Waals surface area contributed by atoms with Gasteiger partial charge >= 0.3 is 5.97 Å². The molecular formula is C10H13N3O3. The van der Waals surface area contributed by atoms with Crippen molar-refractivity contribution < 1.29 is 14.3 Å². The fraction of sp³-hybridized carbons (Fsp3) is 0.300. The summed E-state index contributed by atoms with van der Waals surface area (Å²) in [7, 11) is 0. The number of rotatable bonds is 5. The van der Waals surface area contributed by atoms with E-state index in [2.05, 4.69) is 20.6 Å². The van der Waals surface area contributed by atoms with Crippen LogP contribution in [0.5, 0.6) is 0 Å². The van der Waals surface area contributed by atoms with Crippen molar-refractivity contribution >= 4 is 17.7 Å². The van der Waals surface area contributed by atoms with Crippen LogP contribution in [0, 0.1) is 0 Å². The van der Waals surface area contributed by atoms with Gasteiger partial charge in [-0.3, -0.25) is 20.4 Å². The zero-order chi connectivity index (χ0) is 11.8. The van der Waals surface area contributed by atoms with Crippen molar-refractivity contribution in [3.63, 3.8) is 0 Å². The normalized spacial score (nSPS) is 9.31. The second-order valence-corrected chi connectivity index (χ2v) is 2.87. The molecule has 0 unspecified atom stereocenters. The third-order valence-corrected chi connectivity index (χ3v) is 1.61. The number of ether oxygens (including phenoxy) is 1. The molecule has 1 rings (SSSR count). The standard InChI is InChI=1S/C10H13N3O3/c1-2-16-10(15)7-9(14)13-12-8-5-3-4-6-11-8/h3-6H,2,7H2,1H3,(H,11,12)(H,13,14). The minimum absolute atomic E-state index is 0.264. The van der Waals surface area contributed by atoms with Crippen LogP contribution in [0.1, 0.15) is 13.3 Å². The number of esters is 1. The number of hydrogen-bond acceptors (Lipinski definition) is 5. The smallest absolute Gasteiger partial charge is 0.315 e. The van der Waals surface area contributed by atoms with E-state index in [0.29, 0.717) is 5.82 Å². The minimum Gasteiger partial charge on any atom is -0.466 e. The van der Waals surface area contributed by atoms with E-state index in [1.165, 1.54) is 0 Å². The Balaban J connectivity index is 2.28. The van der Waals surface area contributed by atoms with Crippen molar-refractivity contribution in [2.75, 3.05) is 12.0 Å². The lowest BCUT2D eigenvalue weighted by molar-refractivity contribution is -0.145. The molecule has 6 nitrogen and oxygen atoms in total. The predicted molar refractivity (Wildman–Crippen MR) is 57.3 cm³/mol. The van der Waals surface area contributed by atoms with Crippen LogP contribution < -0.4 is 10.9 Å². The fourth-order valence-electron chi connectivity index (χ4n) is 0.958. The zero-order valence-electron chi connectivity index (χ0n) is 8.90. The second-order valence-electron chi connectivity index (χ2n) is 2.87. The number of aromatic nitrogens is 1. The van der Waals surface area contributed by atoms with Crippen LogP contribution in [0.15, 0.2) is 24.4 Å². The van der Waals surface area contributed by atoms with E-state index in [0.717, 1.165) is 0 Å². The van der Waals surface area contributed by atoms with Gasteiger partial charge in [0.25, 0.3) is 0 Å². The van der Waals surface area contributed by atoms with Crippen LogP contribution in [0.3, 0.4) is 0 Å². The van der Waals surface area contributed by atoms with Crippen LogP contribution in [0.25, 0.3) is 0 Å². The third-order valence-electron chi connectivity index (χ3n) is 1.61. The number of amides is 1. The summed E-state index contributed by atoms with van der Waals surface area (Å²) in [5.74, 6) is -0.522. The van der Waals surface area contributed by atoms with Gasteiger partial charge in [-0.1, -0.05) is 6.07 Å². The molecule has 0 saturated carbocycles. The van der Waals surface area contributed by atoms with Crippen molar-refractivity contribution in [3.8, 4) is 0 Å². The monoisotopic (exact) mass is 223 g/mol. The van der Waals surface area contributed by atoms with Crippen LogP contribution in [0.4, 0.5) is 5.82 Å². The van der Waals surface area contributed by atoms with Crippen molar-refractivity contribution in [1.82, 2.24) is 10.4 Å². The number of carbonyl (C=O) groups is 2. The van der Waals surface area contributed by atoms with Crippen molar-refractivity contribution in [2.45, 2.75) is 13.3 Å². The molecule has 0 aliphatic rings. The van der Waals surface area contributed by atoms with Gasteiger partial charge in [0.15, 0.2) is 0 Å². The Morgan fingerprint density at radius 1 is 1.44 bits per heavy atom. The Morgan fingerprint density at radius 3 is 2.88 bits per heavy atom. The molecule has 1 amide bonds. The average molecular weight is 223 g/mol. The van der Waals surface area contributed by atoms with E-state index in [1.54, 1.807) is 31.3 Å². The topological polar surface area (TPSA) is 80.3 Å². The quantitative estimate of drug-likeness (QED) is 0.431. The summed E-state index contributed by atoms with van der Waals surface area (Å²) in [5.41, 5.74) is 4.91. The molecule has 0 fully saturated rings. The number of anilines is 1. The third kappa shape index (κ3) is 4.41. The van der Waals surface area contributed by atoms with Gasteiger partial charge in [-0.25, -0.2) is 4.98 Å². The summed E-state index contributed by atoms with van der Waals surface area (Å²) in [6.45, 7) is 1.95. The SMILES string of the molecule is CCOC(=O)CC(=O)NNc1ccccn1. The highest BCUT2D eigenvalue weighted by Gasteiger charge is 2.09. The molecule has 0 atom stereocenters. The molecule has 0 saturated heterocycles. The summed E-state index contributed by atoms with van der Waals surface area (Å²) in [6, 6.07) is 5.21. The number of hydrogen-bond donors (Lipinski definition) is 2. The van der Waals surface area contributed by atoms with Gasteiger partial charge < -0.3 is 4.74 Å². The van der Waals surface area contributed by atoms with Crippen molar-refractivity contribution in [2.24, 2.45) is 0 Å². The van der Waals surface area contributed by atoms with E-state index in [1.807, 2.05) is 0 Å². The van der Waals surface area contributed by atoms with Gasteiger partial charge in [-0.05, 0) is 19.1 Å². The fourth-order valence-corrected chi connectivity index (χ4v) is 0.958. The molecule has 0 aliphatic carbocycles. The van der Waals surface area contributed by atoms with Gasteiger partial charge in [-0.2, -0.15) is 0 Å². The zero-order valence-corrected chi connectivity index (χ0v) is 8.90. The van der Waals surface area contributed by atoms with Crippen LogP contribution in [-0.4, -0.2) is 23.5 Å². The molecule has 1 heterocycles. The summed E-state index contributed by atoms with van der Waals surface area (Å²) < 4.78 is 4.62. The molecule has 0 aliphatic heterocycles. The Bertz CT molecular complexity index is 354. The highest BCUT2D eigenvalue weighted by atomic mass is 16.5. The summed E-state index contributed by atoms with van der Waals surface area (Å²) in [6.07, 6.45) is 1.27. The van der Waals surface area contributed by atoms with E-state index in [4.69, 9.17) is 0 Å². The number of hydrazine groups is 1. The summed E-state index contributed by atoms with van der Waals surface area (Å²) >= 11 is 0. The van der Waals surface area contributed by atoms with E-state index < -0.39 is 11.9 Å². The average Bonchev–Trinajstić information content (AvgIpc) is 2.28. The highest BCUT2D eigenvalue weighted by molar-refractivity contribution is 5.94. The molecule has 0 radical (unpaired) electrons. The number of pyridine rings is 1. The minimum atomic E-state index is -0.553. The first-order valence-corrected chi connectivity index (χ1v) is 4.84. The first kappa shape index (κ1) is 12.0. The maximum Gasteiger partial charge on any atom is 0.315 e. The predicted octanol–water partition coefficient (Wildman–Crippen LogP) is 0.478. The molecule has 86 valence electrons. The molecular weight excluding hydrogens is 210 g/mol. The molecule has 1 aromatic rings. The van der Waals surface area contributed by atoms with Crippen molar-refractivity contribution in [3.05, 3.63) is 24.4 Å². The van der Waals surface area contributed by atoms with Gasteiger partial charge in [0.05, 0.1) is 6.61 Å². The molecule has 1 aromatic heterocycles. The molecule has 0 bridgehead atoms.